The molecule has 30 heavy (non-hydrogen) atoms. The zero-order valence-corrected chi connectivity index (χ0v) is 16.9. The molecule has 2 aromatic carbocycles. The third-order valence-corrected chi connectivity index (χ3v) is 4.86. The fourth-order valence-corrected chi connectivity index (χ4v) is 3.30. The lowest BCUT2D eigenvalue weighted by Crippen LogP contribution is -2.43. The first-order valence-corrected chi connectivity index (χ1v) is 9.80. The molecular formula is C22H24F2N4O2. The molecule has 0 radical (unpaired) electrons. The molecule has 0 fully saturated rings. The minimum Gasteiger partial charge on any atom is -0.338 e. The zero-order valence-electron chi connectivity index (χ0n) is 16.9. The number of carbonyl (C=O) groups is 2. The first-order chi connectivity index (χ1) is 14.4. The normalized spacial score (nSPS) is 15.7. The van der Waals surface area contributed by atoms with Gasteiger partial charge in [-0.15, -0.1) is 0 Å². The number of halogens is 2. The number of carbonyl (C=O) groups excluding carboxylic acids is 2. The highest BCUT2D eigenvalue weighted by Crippen LogP contribution is 2.34. The van der Waals surface area contributed by atoms with Gasteiger partial charge in [-0.25, -0.2) is 18.6 Å². The van der Waals surface area contributed by atoms with E-state index in [1.165, 1.54) is 24.1 Å². The predicted molar refractivity (Wildman–Crippen MR) is 110 cm³/mol. The Labute approximate surface area is 174 Å². The second-order valence-corrected chi connectivity index (χ2v) is 7.09. The van der Waals surface area contributed by atoms with Crippen LogP contribution < -0.4 is 5.32 Å². The van der Waals surface area contributed by atoms with Crippen LogP contribution in [0.4, 0.5) is 13.6 Å². The Kier molecular flexibility index (Phi) is 6.76. The SMILES string of the molecule is CCCNC(=O)N(C)CC(=O)N1N=C(c2ccccc2F)CC1c1ccccc1F. The molecule has 1 atom stereocenters. The highest BCUT2D eigenvalue weighted by molar-refractivity contribution is 6.03. The van der Waals surface area contributed by atoms with E-state index in [0.29, 0.717) is 17.8 Å². The second-order valence-electron chi connectivity index (χ2n) is 7.09. The van der Waals surface area contributed by atoms with Crippen molar-refractivity contribution in [2.45, 2.75) is 25.8 Å². The predicted octanol–water partition coefficient (Wildman–Crippen LogP) is 3.69. The van der Waals surface area contributed by atoms with Crippen LogP contribution in [0, 0.1) is 11.6 Å². The van der Waals surface area contributed by atoms with Gasteiger partial charge in [0.2, 0.25) is 0 Å². The average molecular weight is 414 g/mol. The van der Waals surface area contributed by atoms with E-state index in [1.807, 2.05) is 6.92 Å². The fraction of sp³-hybridized carbons (Fsp3) is 0.318. The Morgan fingerprint density at radius 2 is 1.80 bits per heavy atom. The summed E-state index contributed by atoms with van der Waals surface area (Å²) in [7, 11) is 1.50. The molecule has 1 unspecified atom stereocenters. The maximum absolute atomic E-state index is 14.5. The van der Waals surface area contributed by atoms with Crippen LogP contribution >= 0.6 is 0 Å². The fourth-order valence-electron chi connectivity index (χ4n) is 3.30. The highest BCUT2D eigenvalue weighted by Gasteiger charge is 2.35. The van der Waals surface area contributed by atoms with E-state index in [1.54, 1.807) is 36.4 Å². The number of nitrogens with one attached hydrogen (secondary N) is 1. The number of rotatable bonds is 6. The summed E-state index contributed by atoms with van der Waals surface area (Å²) in [4.78, 5) is 26.3. The number of likely N-dealkylation sites (N-methyl/N-ethyl adjacent to an activating group) is 1. The van der Waals surface area contributed by atoms with E-state index < -0.39 is 23.6 Å². The second kappa shape index (κ2) is 9.47. The van der Waals surface area contributed by atoms with Crippen molar-refractivity contribution in [1.82, 2.24) is 15.2 Å². The van der Waals surface area contributed by atoms with E-state index in [9.17, 15) is 18.4 Å². The Hall–Kier alpha value is -3.29. The number of hydrogen-bond donors (Lipinski definition) is 1. The van der Waals surface area contributed by atoms with Crippen LogP contribution in [-0.4, -0.2) is 47.7 Å². The monoisotopic (exact) mass is 414 g/mol. The molecule has 0 aromatic heterocycles. The lowest BCUT2D eigenvalue weighted by atomic mass is 9.97. The van der Waals surface area contributed by atoms with E-state index in [0.717, 1.165) is 11.4 Å². The maximum atomic E-state index is 14.5. The summed E-state index contributed by atoms with van der Waals surface area (Å²) in [5, 5.41) is 8.18. The average Bonchev–Trinajstić information content (AvgIpc) is 3.17. The third-order valence-electron chi connectivity index (χ3n) is 4.86. The highest BCUT2D eigenvalue weighted by atomic mass is 19.1. The van der Waals surface area contributed by atoms with Crippen LogP contribution in [0.5, 0.6) is 0 Å². The van der Waals surface area contributed by atoms with Crippen molar-refractivity contribution in [1.29, 1.82) is 0 Å². The van der Waals surface area contributed by atoms with Crippen LogP contribution in [0.3, 0.4) is 0 Å². The lowest BCUT2D eigenvalue weighted by Gasteiger charge is -2.25. The molecule has 3 rings (SSSR count). The van der Waals surface area contributed by atoms with Gasteiger partial charge in [-0.05, 0) is 18.6 Å². The third kappa shape index (κ3) is 4.64. The molecule has 0 saturated heterocycles. The van der Waals surface area contributed by atoms with Crippen molar-refractivity contribution in [3.05, 3.63) is 71.3 Å². The van der Waals surface area contributed by atoms with Crippen molar-refractivity contribution >= 4 is 17.6 Å². The molecular weight excluding hydrogens is 390 g/mol. The molecule has 1 heterocycles. The maximum Gasteiger partial charge on any atom is 0.317 e. The summed E-state index contributed by atoms with van der Waals surface area (Å²) in [5.74, 6) is -1.42. The first kappa shape index (κ1) is 21.4. The number of benzene rings is 2. The first-order valence-electron chi connectivity index (χ1n) is 9.80. The van der Waals surface area contributed by atoms with Gasteiger partial charge in [0.25, 0.3) is 5.91 Å². The quantitative estimate of drug-likeness (QED) is 0.784. The van der Waals surface area contributed by atoms with Gasteiger partial charge in [0.1, 0.15) is 18.2 Å². The molecule has 3 amide bonds. The van der Waals surface area contributed by atoms with Crippen LogP contribution in [-0.2, 0) is 4.79 Å². The number of nitrogens with zero attached hydrogens (tertiary/aromatic N) is 3. The molecule has 8 heteroatoms. The van der Waals surface area contributed by atoms with Gasteiger partial charge in [0.05, 0.1) is 11.8 Å². The van der Waals surface area contributed by atoms with Crippen molar-refractivity contribution in [3.63, 3.8) is 0 Å². The van der Waals surface area contributed by atoms with E-state index in [-0.39, 0.29) is 24.6 Å². The van der Waals surface area contributed by atoms with E-state index >= 15 is 0 Å². The van der Waals surface area contributed by atoms with E-state index in [2.05, 4.69) is 10.4 Å². The van der Waals surface area contributed by atoms with Crippen molar-refractivity contribution < 1.29 is 18.4 Å². The summed E-state index contributed by atoms with van der Waals surface area (Å²) < 4.78 is 28.8. The number of amides is 3. The van der Waals surface area contributed by atoms with Gasteiger partial charge in [-0.2, -0.15) is 5.10 Å². The molecule has 0 aliphatic carbocycles. The Morgan fingerprint density at radius 3 is 2.47 bits per heavy atom. The van der Waals surface area contributed by atoms with Crippen LogP contribution in [0.2, 0.25) is 0 Å². The lowest BCUT2D eigenvalue weighted by molar-refractivity contribution is -0.133. The van der Waals surface area contributed by atoms with Crippen molar-refractivity contribution in [3.8, 4) is 0 Å². The minimum absolute atomic E-state index is 0.166. The number of urea groups is 1. The van der Waals surface area contributed by atoms with Gasteiger partial charge in [-0.3, -0.25) is 4.79 Å². The Morgan fingerprint density at radius 1 is 1.13 bits per heavy atom. The van der Waals surface area contributed by atoms with Gasteiger partial charge >= 0.3 is 6.03 Å². The number of hydrogen-bond acceptors (Lipinski definition) is 3. The summed E-state index contributed by atoms with van der Waals surface area (Å²) in [6.07, 6.45) is 0.935. The molecule has 2 aromatic rings. The van der Waals surface area contributed by atoms with Crippen LogP contribution in [0.1, 0.15) is 36.9 Å². The van der Waals surface area contributed by atoms with Crippen molar-refractivity contribution in [2.24, 2.45) is 5.10 Å². The molecule has 1 N–H and O–H groups in total. The molecule has 6 nitrogen and oxygen atoms in total. The van der Waals surface area contributed by atoms with Gasteiger partial charge in [0.15, 0.2) is 0 Å². The van der Waals surface area contributed by atoms with Crippen LogP contribution in [0.25, 0.3) is 0 Å². The summed E-state index contributed by atoms with van der Waals surface area (Å²) in [6, 6.07) is 11.1. The van der Waals surface area contributed by atoms with Gasteiger partial charge < -0.3 is 10.2 Å². The molecule has 158 valence electrons. The molecule has 0 bridgehead atoms. The number of hydrazone groups is 1. The standard InChI is InChI=1S/C22H24F2N4O2/c1-3-12-25-22(30)27(2)14-21(29)28-20(16-9-5-7-11-18(16)24)13-19(26-28)15-8-4-6-10-17(15)23/h4-11,20H,3,12-14H2,1-2H3,(H,25,30). The topological polar surface area (TPSA) is 65.0 Å². The van der Waals surface area contributed by atoms with Crippen LogP contribution in [0.15, 0.2) is 53.6 Å². The Balaban J connectivity index is 1.88. The van der Waals surface area contributed by atoms with E-state index in [4.69, 9.17) is 0 Å². The summed E-state index contributed by atoms with van der Waals surface area (Å²) in [5.41, 5.74) is 0.912. The van der Waals surface area contributed by atoms with Gasteiger partial charge in [0, 0.05) is 31.1 Å². The molecule has 0 spiro atoms. The summed E-state index contributed by atoms with van der Waals surface area (Å²) >= 11 is 0. The van der Waals surface area contributed by atoms with Gasteiger partial charge in [-0.1, -0.05) is 43.3 Å². The van der Waals surface area contributed by atoms with Crippen molar-refractivity contribution in [2.75, 3.05) is 20.1 Å². The molecule has 1 aliphatic heterocycles. The largest absolute Gasteiger partial charge is 0.338 e. The summed E-state index contributed by atoms with van der Waals surface area (Å²) in [6.45, 7) is 2.18. The molecule has 0 saturated carbocycles. The molecule has 1 aliphatic rings. The smallest absolute Gasteiger partial charge is 0.317 e. The Bertz CT molecular complexity index is 964. The minimum atomic E-state index is -0.722. The zero-order chi connectivity index (χ0) is 21.7.